The van der Waals surface area contributed by atoms with Crippen molar-refractivity contribution in [1.29, 1.82) is 0 Å². The number of amides is 1. The van der Waals surface area contributed by atoms with Gasteiger partial charge in [0.15, 0.2) is 0 Å². The van der Waals surface area contributed by atoms with Crippen LogP contribution >= 0.6 is 0 Å². The fourth-order valence-corrected chi connectivity index (χ4v) is 4.09. The van der Waals surface area contributed by atoms with Crippen molar-refractivity contribution in [1.82, 2.24) is 0 Å². The maximum Gasteiger partial charge on any atom is 0.255 e. The van der Waals surface area contributed by atoms with E-state index in [9.17, 15) is 4.79 Å². The van der Waals surface area contributed by atoms with Gasteiger partial charge < -0.3 is 15.0 Å². The van der Waals surface area contributed by atoms with Crippen molar-refractivity contribution in [3.63, 3.8) is 0 Å². The van der Waals surface area contributed by atoms with E-state index in [1.165, 1.54) is 5.56 Å². The van der Waals surface area contributed by atoms with Crippen LogP contribution in [0.25, 0.3) is 10.4 Å². The van der Waals surface area contributed by atoms with Crippen LogP contribution in [0.3, 0.4) is 0 Å². The summed E-state index contributed by atoms with van der Waals surface area (Å²) in [7, 11) is 1.61. The Morgan fingerprint density at radius 2 is 2.19 bits per heavy atom. The normalized spacial score (nSPS) is 20.2. The highest BCUT2D eigenvalue weighted by atomic mass is 16.5. The Hall–Kier alpha value is -3.18. The zero-order chi connectivity index (χ0) is 18.1. The zero-order valence-corrected chi connectivity index (χ0v) is 14.5. The van der Waals surface area contributed by atoms with E-state index in [2.05, 4.69) is 26.3 Å². The highest BCUT2D eigenvalue weighted by molar-refractivity contribution is 6.08. The lowest BCUT2D eigenvalue weighted by molar-refractivity contribution is -0.121. The molecule has 0 fully saturated rings. The Morgan fingerprint density at radius 3 is 3.00 bits per heavy atom. The molecule has 0 unspecified atom stereocenters. The van der Waals surface area contributed by atoms with Crippen LogP contribution in [0.4, 0.5) is 11.4 Å². The fourth-order valence-electron chi connectivity index (χ4n) is 4.09. The van der Waals surface area contributed by atoms with Gasteiger partial charge in [-0.05, 0) is 48.2 Å². The lowest BCUT2D eigenvalue weighted by Crippen LogP contribution is -2.51. The standard InChI is InChI=1S/C19H19N5O2/c1-26-14-6-7-16-15(12-14)19(18(25)22-16,9-10-21-23-20)24-11-8-13-4-2-3-5-17(13)24/h2-7,12H,8-11H2,1H3,(H,22,25)/t19-/m0/s1. The third-order valence-corrected chi connectivity index (χ3v) is 5.28. The van der Waals surface area contributed by atoms with Crippen LogP contribution in [0.2, 0.25) is 0 Å². The summed E-state index contributed by atoms with van der Waals surface area (Å²) in [5.74, 6) is 0.603. The van der Waals surface area contributed by atoms with E-state index < -0.39 is 5.54 Å². The number of hydrogen-bond acceptors (Lipinski definition) is 4. The number of carbonyl (C=O) groups excluding carboxylic acids is 1. The van der Waals surface area contributed by atoms with Gasteiger partial charge in [0, 0.05) is 34.9 Å². The molecule has 7 heteroatoms. The van der Waals surface area contributed by atoms with Crippen LogP contribution in [0.15, 0.2) is 47.6 Å². The van der Waals surface area contributed by atoms with E-state index in [1.54, 1.807) is 7.11 Å². The molecule has 2 heterocycles. The molecule has 2 aromatic carbocycles. The minimum Gasteiger partial charge on any atom is -0.497 e. The maximum absolute atomic E-state index is 13.2. The van der Waals surface area contributed by atoms with Crippen LogP contribution in [0, 0.1) is 0 Å². The molecule has 0 bridgehead atoms. The van der Waals surface area contributed by atoms with Crippen LogP contribution < -0.4 is 15.0 Å². The summed E-state index contributed by atoms with van der Waals surface area (Å²) in [5, 5.41) is 6.70. The third kappa shape index (κ3) is 2.29. The topological polar surface area (TPSA) is 90.3 Å². The Bertz CT molecular complexity index is 922. The molecule has 0 spiro atoms. The van der Waals surface area contributed by atoms with E-state index in [0.29, 0.717) is 12.2 Å². The Kier molecular flexibility index (Phi) is 3.93. The quantitative estimate of drug-likeness (QED) is 0.508. The summed E-state index contributed by atoms with van der Waals surface area (Å²) in [6.45, 7) is 0.971. The largest absolute Gasteiger partial charge is 0.497 e. The molecular weight excluding hydrogens is 330 g/mol. The van der Waals surface area contributed by atoms with Gasteiger partial charge in [-0.3, -0.25) is 4.79 Å². The molecule has 7 nitrogen and oxygen atoms in total. The number of fused-ring (bicyclic) bond motifs is 2. The third-order valence-electron chi connectivity index (χ3n) is 5.28. The SMILES string of the molecule is COc1ccc2c(c1)[C@](CCN=[N+]=[N-])(N1CCc3ccccc31)C(=O)N2. The minimum absolute atomic E-state index is 0.0920. The lowest BCUT2D eigenvalue weighted by atomic mass is 9.85. The van der Waals surface area contributed by atoms with Crippen molar-refractivity contribution in [2.75, 3.05) is 30.4 Å². The van der Waals surface area contributed by atoms with E-state index in [1.807, 2.05) is 36.4 Å². The van der Waals surface area contributed by atoms with Gasteiger partial charge in [0.2, 0.25) is 0 Å². The summed E-state index contributed by atoms with van der Waals surface area (Å²) in [5.41, 5.74) is 11.7. The van der Waals surface area contributed by atoms with Crippen LogP contribution in [0.1, 0.15) is 17.5 Å². The molecule has 0 radical (unpaired) electrons. The van der Waals surface area contributed by atoms with Gasteiger partial charge in [-0.25, -0.2) is 0 Å². The first-order chi connectivity index (χ1) is 12.7. The molecule has 0 aliphatic carbocycles. The highest BCUT2D eigenvalue weighted by Gasteiger charge is 2.52. The summed E-state index contributed by atoms with van der Waals surface area (Å²) in [6, 6.07) is 13.7. The van der Waals surface area contributed by atoms with Crippen LogP contribution in [-0.4, -0.2) is 26.1 Å². The molecule has 132 valence electrons. The Balaban J connectivity index is 1.89. The second kappa shape index (κ2) is 6.28. The second-order valence-electron chi connectivity index (χ2n) is 6.46. The number of nitrogens with zero attached hydrogens (tertiary/aromatic N) is 4. The molecule has 1 N–H and O–H groups in total. The van der Waals surface area contributed by atoms with E-state index >= 15 is 0 Å². The van der Waals surface area contributed by atoms with E-state index in [0.717, 1.165) is 29.9 Å². The number of nitrogens with one attached hydrogen (secondary N) is 1. The minimum atomic E-state index is -0.912. The summed E-state index contributed by atoms with van der Waals surface area (Å²) in [4.78, 5) is 18.2. The molecule has 1 atom stereocenters. The van der Waals surface area contributed by atoms with Crippen molar-refractivity contribution < 1.29 is 9.53 Å². The zero-order valence-electron chi connectivity index (χ0n) is 14.5. The molecule has 2 aliphatic rings. The molecule has 0 aromatic heterocycles. The first-order valence-electron chi connectivity index (χ1n) is 8.57. The van der Waals surface area contributed by atoms with Gasteiger partial charge in [-0.2, -0.15) is 0 Å². The Morgan fingerprint density at radius 1 is 1.35 bits per heavy atom. The first kappa shape index (κ1) is 16.3. The fraction of sp³-hybridized carbons (Fsp3) is 0.316. The number of carbonyl (C=O) groups is 1. The molecule has 1 amide bonds. The smallest absolute Gasteiger partial charge is 0.255 e. The predicted molar refractivity (Wildman–Crippen MR) is 99.4 cm³/mol. The summed E-state index contributed by atoms with van der Waals surface area (Å²) < 4.78 is 5.39. The average molecular weight is 349 g/mol. The lowest BCUT2D eigenvalue weighted by Gasteiger charge is -2.39. The Labute approximate surface area is 151 Å². The molecular formula is C19H19N5O2. The molecule has 2 aromatic rings. The number of benzene rings is 2. The van der Waals surface area contributed by atoms with Crippen molar-refractivity contribution >= 4 is 17.3 Å². The number of azide groups is 1. The van der Waals surface area contributed by atoms with Crippen molar-refractivity contribution in [2.24, 2.45) is 5.11 Å². The van der Waals surface area contributed by atoms with Crippen LogP contribution in [-0.2, 0) is 16.8 Å². The summed E-state index contributed by atoms with van der Waals surface area (Å²) >= 11 is 0. The van der Waals surface area contributed by atoms with E-state index in [4.69, 9.17) is 10.3 Å². The number of hydrogen-bond donors (Lipinski definition) is 1. The molecule has 26 heavy (non-hydrogen) atoms. The number of anilines is 2. The van der Waals surface area contributed by atoms with Crippen molar-refractivity contribution in [3.8, 4) is 5.75 Å². The number of para-hydroxylation sites is 1. The van der Waals surface area contributed by atoms with Gasteiger partial charge in [0.1, 0.15) is 11.3 Å². The number of ether oxygens (including phenoxy) is 1. The predicted octanol–water partition coefficient (Wildman–Crippen LogP) is 3.61. The first-order valence-corrected chi connectivity index (χ1v) is 8.57. The van der Waals surface area contributed by atoms with E-state index in [-0.39, 0.29) is 12.5 Å². The molecule has 2 aliphatic heterocycles. The van der Waals surface area contributed by atoms with Gasteiger partial charge in [0.25, 0.3) is 5.91 Å². The van der Waals surface area contributed by atoms with Crippen molar-refractivity contribution in [3.05, 3.63) is 64.0 Å². The van der Waals surface area contributed by atoms with Crippen molar-refractivity contribution in [2.45, 2.75) is 18.4 Å². The molecule has 0 saturated carbocycles. The highest BCUT2D eigenvalue weighted by Crippen LogP contribution is 2.48. The number of rotatable bonds is 5. The average Bonchev–Trinajstić information content (AvgIpc) is 3.21. The monoisotopic (exact) mass is 349 g/mol. The maximum atomic E-state index is 13.2. The van der Waals surface area contributed by atoms with Gasteiger partial charge >= 0.3 is 0 Å². The molecule has 4 rings (SSSR count). The summed E-state index contributed by atoms with van der Waals surface area (Å²) in [6.07, 6.45) is 1.28. The van der Waals surface area contributed by atoms with Crippen LogP contribution in [0.5, 0.6) is 5.75 Å². The van der Waals surface area contributed by atoms with Gasteiger partial charge in [-0.1, -0.05) is 23.3 Å². The van der Waals surface area contributed by atoms with Gasteiger partial charge in [0.05, 0.1) is 7.11 Å². The van der Waals surface area contributed by atoms with Gasteiger partial charge in [-0.15, -0.1) is 0 Å². The second-order valence-corrected chi connectivity index (χ2v) is 6.46. The molecule has 0 saturated heterocycles. The number of methoxy groups -OCH3 is 1.